The van der Waals surface area contributed by atoms with E-state index in [0.717, 1.165) is 23.4 Å². The lowest BCUT2D eigenvalue weighted by Gasteiger charge is -2.24. The molecule has 1 aromatic heterocycles. The first-order chi connectivity index (χ1) is 20.7. The van der Waals surface area contributed by atoms with Gasteiger partial charge in [0.05, 0.1) is 29.3 Å². The van der Waals surface area contributed by atoms with E-state index in [-0.39, 0.29) is 37.1 Å². The van der Waals surface area contributed by atoms with Crippen molar-refractivity contribution in [2.24, 2.45) is 0 Å². The largest absolute Gasteiger partial charge is 0.480 e. The maximum absolute atomic E-state index is 15.2. The van der Waals surface area contributed by atoms with Gasteiger partial charge in [-0.05, 0) is 68.1 Å². The van der Waals surface area contributed by atoms with Gasteiger partial charge in [-0.1, -0.05) is 18.8 Å². The highest BCUT2D eigenvalue weighted by Crippen LogP contribution is 2.24. The van der Waals surface area contributed by atoms with Crippen LogP contribution in [0.5, 0.6) is 0 Å². The molecule has 12 nitrogen and oxygen atoms in total. The minimum absolute atomic E-state index is 0.0213. The first-order valence-electron chi connectivity index (χ1n) is 13.7. The van der Waals surface area contributed by atoms with Crippen LogP contribution in [0.1, 0.15) is 59.4 Å². The molecule has 0 bridgehead atoms. The van der Waals surface area contributed by atoms with Crippen LogP contribution >= 0.6 is 0 Å². The Morgan fingerprint density at radius 2 is 1.89 bits per heavy atom. The summed E-state index contributed by atoms with van der Waals surface area (Å²) in [5.74, 6) is -0.735. The Balaban J connectivity index is 1.68. The van der Waals surface area contributed by atoms with E-state index in [9.17, 15) is 32.7 Å². The van der Waals surface area contributed by atoms with Gasteiger partial charge in [0.25, 0.3) is 11.5 Å². The van der Waals surface area contributed by atoms with Crippen LogP contribution in [-0.4, -0.2) is 60.1 Å². The first-order valence-corrected chi connectivity index (χ1v) is 15.6. The number of anilines is 1. The molecule has 1 atom stereocenters. The molecule has 0 aliphatic rings. The molecule has 0 radical (unpaired) electrons. The first kappa shape index (κ1) is 33.7. The normalized spacial score (nSPS) is 11.9. The standard InChI is InChI=1S/C30H34FN5O7S/c1-5-13-36(17-20-15-23-26(14-18(20)2)32-19(3)33-29(23)39)21-11-12-22(24(31)16-21)28(38)34-25(30(40)41)9-7-6-8-10-27(37)35-44(4,42)43/h1,11-12,14-16,25H,6-10,13,17H2,2-4H3,(H,34,38)(H,35,37)(H,40,41)(H,32,33,39)/t25-/m1/s1. The number of carbonyl (C=O) groups is 3. The molecular formula is C30H34FN5O7S. The SMILES string of the molecule is C#CCN(Cc1cc2c(=O)[nH]c(C)nc2cc1C)c1ccc(C(=O)N[C@H](CCCCCC(=O)NS(C)(=O)=O)C(=O)O)c(F)c1. The average molecular weight is 628 g/mol. The van der Waals surface area contributed by atoms with E-state index in [1.165, 1.54) is 12.1 Å². The second-order valence-electron chi connectivity index (χ2n) is 10.4. The number of benzene rings is 2. The van der Waals surface area contributed by atoms with Gasteiger partial charge in [-0.25, -0.2) is 22.6 Å². The molecule has 0 fully saturated rings. The highest BCUT2D eigenvalue weighted by atomic mass is 32.2. The fourth-order valence-electron chi connectivity index (χ4n) is 4.62. The zero-order valence-electron chi connectivity index (χ0n) is 24.6. The molecule has 2 aromatic carbocycles. The van der Waals surface area contributed by atoms with Gasteiger partial charge >= 0.3 is 5.97 Å². The van der Waals surface area contributed by atoms with Crippen molar-refractivity contribution in [2.45, 2.75) is 58.5 Å². The van der Waals surface area contributed by atoms with Gasteiger partial charge in [-0.3, -0.25) is 19.1 Å². The van der Waals surface area contributed by atoms with E-state index in [0.29, 0.717) is 41.7 Å². The molecule has 0 saturated heterocycles. The van der Waals surface area contributed by atoms with Gasteiger partial charge in [0, 0.05) is 18.7 Å². The summed E-state index contributed by atoms with van der Waals surface area (Å²) in [7, 11) is -3.65. The van der Waals surface area contributed by atoms with Crippen LogP contribution in [0.25, 0.3) is 10.9 Å². The molecule has 44 heavy (non-hydrogen) atoms. The Labute approximate surface area is 254 Å². The zero-order chi connectivity index (χ0) is 32.6. The summed E-state index contributed by atoms with van der Waals surface area (Å²) in [5.41, 5.74) is 1.91. The van der Waals surface area contributed by atoms with Gasteiger partial charge < -0.3 is 20.3 Å². The van der Waals surface area contributed by atoms with Crippen LogP contribution < -0.4 is 20.5 Å². The number of aromatic nitrogens is 2. The lowest BCUT2D eigenvalue weighted by Crippen LogP contribution is -2.41. The molecule has 0 saturated carbocycles. The molecular weight excluding hydrogens is 593 g/mol. The van der Waals surface area contributed by atoms with Crippen LogP contribution in [0.2, 0.25) is 0 Å². The molecule has 14 heteroatoms. The van der Waals surface area contributed by atoms with E-state index in [1.54, 1.807) is 24.0 Å². The number of amides is 2. The topological polar surface area (TPSA) is 179 Å². The van der Waals surface area contributed by atoms with Crippen LogP contribution in [0.3, 0.4) is 0 Å². The highest BCUT2D eigenvalue weighted by Gasteiger charge is 2.23. The Bertz CT molecular complexity index is 1780. The summed E-state index contributed by atoms with van der Waals surface area (Å²) in [6.45, 7) is 3.89. The number of halogens is 1. The van der Waals surface area contributed by atoms with Gasteiger partial charge in [0.1, 0.15) is 17.7 Å². The van der Waals surface area contributed by atoms with Crippen molar-refractivity contribution < 1.29 is 32.3 Å². The molecule has 0 aliphatic heterocycles. The van der Waals surface area contributed by atoms with Crippen molar-refractivity contribution in [1.29, 1.82) is 0 Å². The van der Waals surface area contributed by atoms with Crippen LogP contribution in [0.15, 0.2) is 35.1 Å². The van der Waals surface area contributed by atoms with E-state index in [2.05, 4.69) is 21.2 Å². The van der Waals surface area contributed by atoms with Gasteiger partial charge in [0.2, 0.25) is 15.9 Å². The molecule has 2 amide bonds. The number of sulfonamides is 1. The maximum atomic E-state index is 15.2. The van der Waals surface area contributed by atoms with Gasteiger partial charge in [0.15, 0.2) is 0 Å². The monoisotopic (exact) mass is 627 g/mol. The molecule has 234 valence electrons. The van der Waals surface area contributed by atoms with Crippen molar-refractivity contribution in [1.82, 2.24) is 20.0 Å². The van der Waals surface area contributed by atoms with E-state index in [1.807, 2.05) is 11.6 Å². The highest BCUT2D eigenvalue weighted by molar-refractivity contribution is 7.89. The Morgan fingerprint density at radius 3 is 2.52 bits per heavy atom. The number of carbonyl (C=O) groups excluding carboxylic acids is 2. The third-order valence-corrected chi connectivity index (χ3v) is 7.39. The fraction of sp³-hybridized carbons (Fsp3) is 0.367. The lowest BCUT2D eigenvalue weighted by atomic mass is 10.0. The number of carboxylic acids is 1. The smallest absolute Gasteiger partial charge is 0.326 e. The number of nitrogens with one attached hydrogen (secondary N) is 3. The number of H-pyrrole nitrogens is 1. The third kappa shape index (κ3) is 9.37. The second kappa shape index (κ2) is 14.6. The van der Waals surface area contributed by atoms with E-state index >= 15 is 4.39 Å². The summed E-state index contributed by atoms with van der Waals surface area (Å²) in [6, 6.07) is 6.09. The van der Waals surface area contributed by atoms with Crippen molar-refractivity contribution >= 4 is 44.4 Å². The number of aromatic amines is 1. The molecule has 3 rings (SSSR count). The molecule has 3 aromatic rings. The lowest BCUT2D eigenvalue weighted by molar-refractivity contribution is -0.139. The average Bonchev–Trinajstić information content (AvgIpc) is 2.91. The quantitative estimate of drug-likeness (QED) is 0.154. The van der Waals surface area contributed by atoms with Crippen molar-refractivity contribution in [3.8, 4) is 12.3 Å². The summed E-state index contributed by atoms with van der Waals surface area (Å²) in [4.78, 5) is 57.3. The van der Waals surface area contributed by atoms with Crippen molar-refractivity contribution in [2.75, 3.05) is 17.7 Å². The van der Waals surface area contributed by atoms with Crippen LogP contribution in [-0.2, 0) is 26.2 Å². The number of nitrogens with zero attached hydrogens (tertiary/aromatic N) is 2. The number of rotatable bonds is 14. The molecule has 0 spiro atoms. The van der Waals surface area contributed by atoms with Gasteiger partial charge in [-0.2, -0.15) is 0 Å². The number of carboxylic acid groups (broad SMARTS) is 1. The number of aliphatic carboxylic acids is 1. The Morgan fingerprint density at radius 1 is 1.16 bits per heavy atom. The minimum atomic E-state index is -3.65. The summed E-state index contributed by atoms with van der Waals surface area (Å²) >= 11 is 0. The number of hydrogen-bond acceptors (Lipinski definition) is 8. The predicted molar refractivity (Wildman–Crippen MR) is 163 cm³/mol. The number of unbranched alkanes of at least 4 members (excludes halogenated alkanes) is 2. The van der Waals surface area contributed by atoms with Crippen molar-refractivity contribution in [3.05, 3.63) is 69.0 Å². The van der Waals surface area contributed by atoms with E-state index < -0.39 is 39.7 Å². The number of aryl methyl sites for hydroxylation is 2. The molecule has 4 N–H and O–H groups in total. The maximum Gasteiger partial charge on any atom is 0.326 e. The molecule has 0 unspecified atom stereocenters. The van der Waals surface area contributed by atoms with Crippen LogP contribution in [0, 0.1) is 32.0 Å². The van der Waals surface area contributed by atoms with Crippen molar-refractivity contribution in [3.63, 3.8) is 0 Å². The molecule has 0 aliphatic carbocycles. The summed E-state index contributed by atoms with van der Waals surface area (Å²) in [5, 5.41) is 12.3. The number of terminal acetylenes is 1. The summed E-state index contributed by atoms with van der Waals surface area (Å²) in [6.07, 6.45) is 7.45. The number of hydrogen-bond donors (Lipinski definition) is 4. The molecule has 1 heterocycles. The predicted octanol–water partition coefficient (Wildman–Crippen LogP) is 2.53. The third-order valence-electron chi connectivity index (χ3n) is 6.79. The zero-order valence-corrected chi connectivity index (χ0v) is 25.4. The van der Waals surface area contributed by atoms with Gasteiger partial charge in [-0.15, -0.1) is 6.42 Å². The second-order valence-corrected chi connectivity index (χ2v) is 12.2. The number of fused-ring (bicyclic) bond motifs is 1. The summed E-state index contributed by atoms with van der Waals surface area (Å²) < 4.78 is 39.2. The Kier molecular flexibility index (Phi) is 11.2. The van der Waals surface area contributed by atoms with Crippen LogP contribution in [0.4, 0.5) is 10.1 Å². The Hall–Kier alpha value is -4.77. The fourth-order valence-corrected chi connectivity index (χ4v) is 5.14. The van der Waals surface area contributed by atoms with E-state index in [4.69, 9.17) is 6.42 Å². The minimum Gasteiger partial charge on any atom is -0.480 e.